The number of benzene rings is 2. The number of halogens is 1. The van der Waals surface area contributed by atoms with Crippen LogP contribution >= 0.6 is 23.4 Å². The Balaban J connectivity index is 2.08. The van der Waals surface area contributed by atoms with Crippen molar-refractivity contribution in [3.63, 3.8) is 0 Å². The van der Waals surface area contributed by atoms with Crippen molar-refractivity contribution in [1.29, 1.82) is 0 Å². The van der Waals surface area contributed by atoms with Crippen molar-refractivity contribution in [3.05, 3.63) is 53.1 Å². The highest BCUT2D eigenvalue weighted by Crippen LogP contribution is 2.30. The average Bonchev–Trinajstić information content (AvgIpc) is 2.32. The van der Waals surface area contributed by atoms with Crippen molar-refractivity contribution >= 4 is 29.1 Å². The molecule has 2 aromatic carbocycles. The molecule has 0 amide bonds. The molecule has 0 aliphatic carbocycles. The number of anilines is 1. The van der Waals surface area contributed by atoms with E-state index in [0.29, 0.717) is 5.69 Å². The Morgan fingerprint density at radius 3 is 2.65 bits per heavy atom. The smallest absolute Gasteiger partial charge is 0.138 e. The van der Waals surface area contributed by atoms with E-state index in [2.05, 4.69) is 0 Å². The van der Waals surface area contributed by atoms with Gasteiger partial charge >= 0.3 is 0 Å². The maximum Gasteiger partial charge on any atom is 0.138 e. The van der Waals surface area contributed by atoms with E-state index in [0.717, 1.165) is 21.2 Å². The molecule has 0 aliphatic rings. The average molecular weight is 266 g/mol. The fourth-order valence-corrected chi connectivity index (χ4v) is 2.60. The van der Waals surface area contributed by atoms with Gasteiger partial charge in [-0.25, -0.2) is 0 Å². The van der Waals surface area contributed by atoms with E-state index in [-0.39, 0.29) is 5.75 Å². The first-order valence-corrected chi connectivity index (χ1v) is 6.48. The van der Waals surface area contributed by atoms with Gasteiger partial charge in [0, 0.05) is 10.6 Å². The Kier molecular flexibility index (Phi) is 3.82. The minimum absolute atomic E-state index is 0.122. The van der Waals surface area contributed by atoms with E-state index in [1.165, 1.54) is 0 Å². The van der Waals surface area contributed by atoms with Crippen LogP contribution < -0.4 is 5.73 Å². The van der Waals surface area contributed by atoms with Gasteiger partial charge in [-0.05, 0) is 29.8 Å². The first-order chi connectivity index (χ1) is 8.16. The van der Waals surface area contributed by atoms with E-state index >= 15 is 0 Å². The summed E-state index contributed by atoms with van der Waals surface area (Å²) < 4.78 is 0. The molecule has 4 heteroatoms. The van der Waals surface area contributed by atoms with E-state index in [1.54, 1.807) is 23.9 Å². The van der Waals surface area contributed by atoms with Gasteiger partial charge in [-0.15, -0.1) is 11.8 Å². The first kappa shape index (κ1) is 12.1. The van der Waals surface area contributed by atoms with E-state index in [9.17, 15) is 5.11 Å². The molecule has 17 heavy (non-hydrogen) atoms. The molecule has 0 fully saturated rings. The molecule has 0 unspecified atom stereocenters. The normalized spacial score (nSPS) is 10.4. The summed E-state index contributed by atoms with van der Waals surface area (Å²) in [7, 11) is 0. The second kappa shape index (κ2) is 5.34. The zero-order valence-corrected chi connectivity index (χ0v) is 10.6. The summed E-state index contributed by atoms with van der Waals surface area (Å²) in [5.74, 6) is 0.894. The number of phenolic OH excluding ortho intramolecular Hbond substituents is 1. The number of hydrogen-bond donors (Lipinski definition) is 2. The summed E-state index contributed by atoms with van der Waals surface area (Å²) in [4.78, 5) is 1.04. The van der Waals surface area contributed by atoms with Crippen LogP contribution in [0.15, 0.2) is 47.4 Å². The minimum atomic E-state index is 0.122. The second-order valence-electron chi connectivity index (χ2n) is 3.61. The lowest BCUT2D eigenvalue weighted by Crippen LogP contribution is -1.88. The molecule has 0 aliphatic heterocycles. The standard InChI is InChI=1S/C13H12ClNOS/c14-10-3-1-2-4-13(10)17-8-9-5-6-12(16)11(15)7-9/h1-7,16H,8,15H2. The summed E-state index contributed by atoms with van der Waals surface area (Å²) in [6.07, 6.45) is 0. The third-order valence-electron chi connectivity index (χ3n) is 2.32. The van der Waals surface area contributed by atoms with Gasteiger partial charge in [0.05, 0.1) is 10.7 Å². The SMILES string of the molecule is Nc1cc(CSc2ccccc2Cl)ccc1O. The van der Waals surface area contributed by atoms with Crippen LogP contribution in [0.2, 0.25) is 5.02 Å². The van der Waals surface area contributed by atoms with Gasteiger partial charge in [0.15, 0.2) is 0 Å². The molecule has 3 N–H and O–H groups in total. The third-order valence-corrected chi connectivity index (χ3v) is 3.91. The van der Waals surface area contributed by atoms with Crippen LogP contribution in [0.25, 0.3) is 0 Å². The summed E-state index contributed by atoms with van der Waals surface area (Å²) in [5.41, 5.74) is 7.10. The number of nitrogens with two attached hydrogens (primary N) is 1. The highest BCUT2D eigenvalue weighted by atomic mass is 35.5. The molecule has 0 saturated heterocycles. The highest BCUT2D eigenvalue weighted by Gasteiger charge is 2.02. The maximum atomic E-state index is 9.32. The van der Waals surface area contributed by atoms with Crippen LogP contribution in [-0.4, -0.2) is 5.11 Å². The molecule has 2 nitrogen and oxygen atoms in total. The van der Waals surface area contributed by atoms with Crippen LogP contribution in [0.3, 0.4) is 0 Å². The van der Waals surface area contributed by atoms with Crippen molar-refractivity contribution < 1.29 is 5.11 Å². The van der Waals surface area contributed by atoms with Crippen molar-refractivity contribution in [2.24, 2.45) is 0 Å². The summed E-state index contributed by atoms with van der Waals surface area (Å²) in [6, 6.07) is 13.0. The molecule has 0 bridgehead atoms. The van der Waals surface area contributed by atoms with E-state index in [1.807, 2.05) is 30.3 Å². The number of aromatic hydroxyl groups is 1. The Hall–Kier alpha value is -1.32. The number of phenols is 1. The minimum Gasteiger partial charge on any atom is -0.506 e. The topological polar surface area (TPSA) is 46.2 Å². The Bertz CT molecular complexity index is 531. The molecular formula is C13H12ClNOS. The van der Waals surface area contributed by atoms with Gasteiger partial charge < -0.3 is 10.8 Å². The predicted molar refractivity (Wildman–Crippen MR) is 73.5 cm³/mol. The highest BCUT2D eigenvalue weighted by molar-refractivity contribution is 7.98. The molecule has 0 atom stereocenters. The molecule has 0 spiro atoms. The Morgan fingerprint density at radius 2 is 1.94 bits per heavy atom. The summed E-state index contributed by atoms with van der Waals surface area (Å²) >= 11 is 7.71. The third kappa shape index (κ3) is 3.08. The molecule has 0 aromatic heterocycles. The number of rotatable bonds is 3. The molecule has 0 heterocycles. The predicted octanol–water partition coefficient (Wildman–Crippen LogP) is 3.92. The monoisotopic (exact) mass is 265 g/mol. The number of hydrogen-bond acceptors (Lipinski definition) is 3. The largest absolute Gasteiger partial charge is 0.506 e. The summed E-state index contributed by atoms with van der Waals surface area (Å²) in [5, 5.41) is 10.1. The quantitative estimate of drug-likeness (QED) is 0.502. The zero-order valence-electron chi connectivity index (χ0n) is 9.06. The zero-order chi connectivity index (χ0) is 12.3. The van der Waals surface area contributed by atoms with Gasteiger partial charge in [-0.2, -0.15) is 0 Å². The van der Waals surface area contributed by atoms with Gasteiger partial charge in [0.1, 0.15) is 5.75 Å². The summed E-state index contributed by atoms with van der Waals surface area (Å²) in [6.45, 7) is 0. The van der Waals surface area contributed by atoms with Crippen molar-refractivity contribution in [2.45, 2.75) is 10.6 Å². The molecule has 2 aromatic rings. The lowest BCUT2D eigenvalue weighted by atomic mass is 10.2. The lowest BCUT2D eigenvalue weighted by Gasteiger charge is -2.05. The fourth-order valence-electron chi connectivity index (χ4n) is 1.42. The molecular weight excluding hydrogens is 254 g/mol. The van der Waals surface area contributed by atoms with Crippen LogP contribution in [0.1, 0.15) is 5.56 Å². The van der Waals surface area contributed by atoms with Crippen molar-refractivity contribution in [1.82, 2.24) is 0 Å². The lowest BCUT2D eigenvalue weighted by molar-refractivity contribution is 0.478. The molecule has 0 radical (unpaired) electrons. The van der Waals surface area contributed by atoms with E-state index in [4.69, 9.17) is 17.3 Å². The van der Waals surface area contributed by atoms with Crippen molar-refractivity contribution in [3.8, 4) is 5.75 Å². The van der Waals surface area contributed by atoms with Crippen LogP contribution in [-0.2, 0) is 5.75 Å². The first-order valence-electron chi connectivity index (χ1n) is 5.11. The molecule has 88 valence electrons. The Morgan fingerprint density at radius 1 is 1.18 bits per heavy atom. The van der Waals surface area contributed by atoms with Crippen molar-refractivity contribution in [2.75, 3.05) is 5.73 Å². The van der Waals surface area contributed by atoms with E-state index < -0.39 is 0 Å². The van der Waals surface area contributed by atoms with Crippen LogP contribution in [0.4, 0.5) is 5.69 Å². The number of nitrogen functional groups attached to an aromatic ring is 1. The maximum absolute atomic E-state index is 9.32. The Labute approximate surface area is 109 Å². The van der Waals surface area contributed by atoms with Gasteiger partial charge in [0.2, 0.25) is 0 Å². The fraction of sp³-hybridized carbons (Fsp3) is 0.0769. The van der Waals surface area contributed by atoms with Gasteiger partial charge in [-0.1, -0.05) is 29.8 Å². The molecule has 0 saturated carbocycles. The van der Waals surface area contributed by atoms with Crippen LogP contribution in [0.5, 0.6) is 5.75 Å². The second-order valence-corrected chi connectivity index (χ2v) is 5.04. The number of thioether (sulfide) groups is 1. The van der Waals surface area contributed by atoms with Gasteiger partial charge in [-0.3, -0.25) is 0 Å². The van der Waals surface area contributed by atoms with Crippen LogP contribution in [0, 0.1) is 0 Å². The van der Waals surface area contributed by atoms with Gasteiger partial charge in [0.25, 0.3) is 0 Å². The molecule has 2 rings (SSSR count).